The number of nitrogens with zero attached hydrogens (tertiary/aromatic N) is 3. The lowest BCUT2D eigenvalue weighted by Gasteiger charge is -2.18. The number of amides is 1. The second-order valence-electron chi connectivity index (χ2n) is 6.00. The zero-order valence-corrected chi connectivity index (χ0v) is 17.3. The summed E-state index contributed by atoms with van der Waals surface area (Å²) < 4.78 is 27.1. The molecule has 0 radical (unpaired) electrons. The van der Waals surface area contributed by atoms with Gasteiger partial charge in [0.25, 0.3) is 11.6 Å². The van der Waals surface area contributed by atoms with Gasteiger partial charge in [0.1, 0.15) is 0 Å². The van der Waals surface area contributed by atoms with Gasteiger partial charge in [-0.15, -0.1) is 0 Å². The second-order valence-corrected chi connectivity index (χ2v) is 8.96. The Bertz CT molecular complexity index is 1170. The number of non-ortho nitro benzene ring substituents is 1. The topological polar surface area (TPSA) is 123 Å². The van der Waals surface area contributed by atoms with Crippen LogP contribution in [0, 0.1) is 10.1 Å². The molecule has 0 aliphatic heterocycles. The molecule has 1 aromatic heterocycles. The maximum absolute atomic E-state index is 12.5. The van der Waals surface area contributed by atoms with Crippen LogP contribution in [-0.2, 0) is 10.0 Å². The summed E-state index contributed by atoms with van der Waals surface area (Å²) >= 11 is 1.19. The van der Waals surface area contributed by atoms with Crippen LogP contribution in [0.25, 0.3) is 10.2 Å². The van der Waals surface area contributed by atoms with Crippen LogP contribution in [0.15, 0.2) is 47.4 Å². The van der Waals surface area contributed by atoms with E-state index in [1.807, 2.05) is 0 Å². The van der Waals surface area contributed by atoms with Crippen molar-refractivity contribution in [2.45, 2.75) is 18.7 Å². The van der Waals surface area contributed by atoms with E-state index in [2.05, 4.69) is 10.3 Å². The van der Waals surface area contributed by atoms with E-state index < -0.39 is 20.9 Å². The van der Waals surface area contributed by atoms with Gasteiger partial charge < -0.3 is 0 Å². The Morgan fingerprint density at radius 3 is 2.41 bits per heavy atom. The van der Waals surface area contributed by atoms with Crippen LogP contribution in [0.3, 0.4) is 0 Å². The van der Waals surface area contributed by atoms with Gasteiger partial charge >= 0.3 is 0 Å². The molecule has 2 aromatic carbocycles. The van der Waals surface area contributed by atoms with Crippen LogP contribution in [-0.4, -0.2) is 41.6 Å². The van der Waals surface area contributed by atoms with Gasteiger partial charge in [0.2, 0.25) is 10.0 Å². The molecule has 1 amide bonds. The molecule has 0 spiro atoms. The minimum Gasteiger partial charge on any atom is -0.298 e. The van der Waals surface area contributed by atoms with Crippen LogP contribution >= 0.6 is 11.3 Å². The van der Waals surface area contributed by atoms with E-state index in [-0.39, 0.29) is 16.1 Å². The first-order valence-electron chi connectivity index (χ1n) is 8.72. The summed E-state index contributed by atoms with van der Waals surface area (Å²) in [5.74, 6) is -0.453. The molecule has 11 heteroatoms. The molecule has 0 saturated carbocycles. The van der Waals surface area contributed by atoms with Crippen molar-refractivity contribution in [1.29, 1.82) is 0 Å². The highest BCUT2D eigenvalue weighted by atomic mass is 32.2. The van der Waals surface area contributed by atoms with Crippen molar-refractivity contribution in [2.24, 2.45) is 0 Å². The van der Waals surface area contributed by atoms with Gasteiger partial charge in [-0.05, 0) is 30.3 Å². The van der Waals surface area contributed by atoms with Crippen LogP contribution in [0.2, 0.25) is 0 Å². The number of nitro groups is 1. The van der Waals surface area contributed by atoms with Gasteiger partial charge in [0.05, 0.1) is 20.0 Å². The van der Waals surface area contributed by atoms with Gasteiger partial charge in [0.15, 0.2) is 5.13 Å². The number of carbonyl (C=O) groups excluding carboxylic acids is 1. The van der Waals surface area contributed by atoms with Gasteiger partial charge in [-0.3, -0.25) is 20.2 Å². The predicted octanol–water partition coefficient (Wildman–Crippen LogP) is 3.49. The quantitative estimate of drug-likeness (QED) is 0.449. The summed E-state index contributed by atoms with van der Waals surface area (Å²) in [6.07, 6.45) is 0. The first kappa shape index (κ1) is 20.8. The first-order chi connectivity index (χ1) is 13.8. The van der Waals surface area contributed by atoms with Crippen LogP contribution in [0.5, 0.6) is 0 Å². The van der Waals surface area contributed by atoms with E-state index in [1.165, 1.54) is 52.0 Å². The highest BCUT2D eigenvalue weighted by Crippen LogP contribution is 2.29. The summed E-state index contributed by atoms with van der Waals surface area (Å²) in [5, 5.41) is 13.8. The van der Waals surface area contributed by atoms with Crippen molar-refractivity contribution in [3.8, 4) is 0 Å². The fourth-order valence-corrected chi connectivity index (χ4v) is 5.04. The maximum atomic E-state index is 12.5. The van der Waals surface area contributed by atoms with Crippen molar-refractivity contribution < 1.29 is 18.1 Å². The fourth-order valence-electron chi connectivity index (χ4n) is 2.74. The number of anilines is 1. The second kappa shape index (κ2) is 8.23. The monoisotopic (exact) mass is 434 g/mol. The molecule has 3 rings (SSSR count). The Labute approximate surface area is 171 Å². The SMILES string of the molecule is CCN(CC)S(=O)(=O)c1ccc(C(=O)Nc2nc3cc([N+](=O)[O-])ccc3s2)cc1. The number of hydrogen-bond donors (Lipinski definition) is 1. The predicted molar refractivity (Wildman–Crippen MR) is 111 cm³/mol. The number of carbonyl (C=O) groups is 1. The number of benzene rings is 2. The van der Waals surface area contributed by atoms with Crippen molar-refractivity contribution in [3.05, 3.63) is 58.1 Å². The lowest BCUT2D eigenvalue weighted by Crippen LogP contribution is -2.30. The average Bonchev–Trinajstić information content (AvgIpc) is 3.10. The Morgan fingerprint density at radius 2 is 1.83 bits per heavy atom. The third-order valence-electron chi connectivity index (χ3n) is 4.26. The number of aromatic nitrogens is 1. The Balaban J connectivity index is 1.79. The van der Waals surface area contributed by atoms with E-state index >= 15 is 0 Å². The molecule has 0 unspecified atom stereocenters. The Kier molecular flexibility index (Phi) is 5.91. The van der Waals surface area contributed by atoms with Gasteiger partial charge in [-0.1, -0.05) is 25.2 Å². The molecule has 0 fully saturated rings. The molecule has 152 valence electrons. The van der Waals surface area contributed by atoms with Crippen LogP contribution in [0.1, 0.15) is 24.2 Å². The van der Waals surface area contributed by atoms with Gasteiger partial charge in [-0.25, -0.2) is 13.4 Å². The highest BCUT2D eigenvalue weighted by molar-refractivity contribution is 7.89. The highest BCUT2D eigenvalue weighted by Gasteiger charge is 2.22. The van der Waals surface area contributed by atoms with Crippen molar-refractivity contribution >= 4 is 48.3 Å². The molecule has 1 N–H and O–H groups in total. The van der Waals surface area contributed by atoms with E-state index in [9.17, 15) is 23.3 Å². The number of nitrogens with one attached hydrogen (secondary N) is 1. The summed E-state index contributed by atoms with van der Waals surface area (Å²) in [4.78, 5) is 27.1. The lowest BCUT2D eigenvalue weighted by atomic mass is 10.2. The van der Waals surface area contributed by atoms with Crippen molar-refractivity contribution in [2.75, 3.05) is 18.4 Å². The van der Waals surface area contributed by atoms with Crippen LogP contribution < -0.4 is 5.32 Å². The molecule has 0 atom stereocenters. The summed E-state index contributed by atoms with van der Waals surface area (Å²) in [7, 11) is -3.59. The van der Waals surface area contributed by atoms with Gasteiger partial charge in [-0.2, -0.15) is 4.31 Å². The first-order valence-corrected chi connectivity index (χ1v) is 11.0. The molecule has 0 aliphatic carbocycles. The molecule has 1 heterocycles. The van der Waals surface area contributed by atoms with Crippen molar-refractivity contribution in [3.63, 3.8) is 0 Å². The molecule has 0 saturated heterocycles. The molecular weight excluding hydrogens is 416 g/mol. The fraction of sp³-hybridized carbons (Fsp3) is 0.222. The number of nitro benzene ring substituents is 1. The summed E-state index contributed by atoms with van der Waals surface area (Å²) in [5.41, 5.74) is 0.611. The summed E-state index contributed by atoms with van der Waals surface area (Å²) in [6, 6.07) is 9.95. The van der Waals surface area contributed by atoms with E-state index in [0.717, 1.165) is 0 Å². The average molecular weight is 434 g/mol. The maximum Gasteiger partial charge on any atom is 0.271 e. The van der Waals surface area contributed by atoms with Gasteiger partial charge in [0, 0.05) is 30.8 Å². The molecule has 29 heavy (non-hydrogen) atoms. The number of fused-ring (bicyclic) bond motifs is 1. The zero-order chi connectivity index (χ0) is 21.2. The van der Waals surface area contributed by atoms with Crippen LogP contribution in [0.4, 0.5) is 10.8 Å². The molecule has 9 nitrogen and oxygen atoms in total. The number of hydrogen-bond acceptors (Lipinski definition) is 7. The number of thiazole rings is 1. The largest absolute Gasteiger partial charge is 0.298 e. The minimum absolute atomic E-state index is 0.0781. The third-order valence-corrected chi connectivity index (χ3v) is 7.28. The lowest BCUT2D eigenvalue weighted by molar-refractivity contribution is -0.384. The zero-order valence-electron chi connectivity index (χ0n) is 15.7. The van der Waals surface area contributed by atoms with E-state index in [0.29, 0.717) is 28.4 Å². The normalized spacial score (nSPS) is 11.7. The Hall–Kier alpha value is -2.89. The number of rotatable bonds is 7. The smallest absolute Gasteiger partial charge is 0.271 e. The van der Waals surface area contributed by atoms with E-state index in [4.69, 9.17) is 0 Å². The summed E-state index contributed by atoms with van der Waals surface area (Å²) in [6.45, 7) is 4.23. The molecular formula is C18H18N4O5S2. The third kappa shape index (κ3) is 4.26. The molecule has 3 aromatic rings. The molecule has 0 aliphatic rings. The minimum atomic E-state index is -3.59. The Morgan fingerprint density at radius 1 is 1.17 bits per heavy atom. The van der Waals surface area contributed by atoms with Crippen molar-refractivity contribution in [1.82, 2.24) is 9.29 Å². The molecule has 0 bridgehead atoms. The number of sulfonamides is 1. The van der Waals surface area contributed by atoms with E-state index in [1.54, 1.807) is 19.9 Å². The standard InChI is InChI=1S/C18H18N4O5S2/c1-3-21(4-2)29(26,27)14-8-5-12(6-9-14)17(23)20-18-19-15-11-13(22(24)25)7-10-16(15)28-18/h5-11H,3-4H2,1-2H3,(H,19,20,23).